The molecule has 1 saturated carbocycles. The zero-order valence-corrected chi connectivity index (χ0v) is 13.8. The standard InChI is InChI=1S/C18H27NO3/c1-12(2)15-8-7-13(3)9-17(15)22-11-18(21)19-10-14-5-4-6-16(14)20/h7-9,12,14,16,20H,4-6,10-11H2,1-3H3,(H,19,21). The Morgan fingerprint density at radius 3 is 2.82 bits per heavy atom. The Morgan fingerprint density at radius 2 is 2.18 bits per heavy atom. The second-order valence-electron chi connectivity index (χ2n) is 6.55. The molecule has 22 heavy (non-hydrogen) atoms. The molecule has 0 saturated heterocycles. The highest BCUT2D eigenvalue weighted by molar-refractivity contribution is 5.77. The first-order chi connectivity index (χ1) is 10.5. The molecule has 4 nitrogen and oxygen atoms in total. The van der Waals surface area contributed by atoms with Crippen molar-refractivity contribution in [1.29, 1.82) is 0 Å². The lowest BCUT2D eigenvalue weighted by atomic mass is 10.0. The van der Waals surface area contributed by atoms with Gasteiger partial charge in [-0.05, 0) is 42.9 Å². The Hall–Kier alpha value is -1.55. The first-order valence-corrected chi connectivity index (χ1v) is 8.15. The molecule has 1 aromatic rings. The molecule has 0 aromatic heterocycles. The van der Waals surface area contributed by atoms with E-state index in [1.807, 2.05) is 13.0 Å². The number of nitrogens with one attached hydrogen (secondary N) is 1. The van der Waals surface area contributed by atoms with Crippen molar-refractivity contribution in [2.75, 3.05) is 13.2 Å². The van der Waals surface area contributed by atoms with Crippen molar-refractivity contribution in [2.45, 2.75) is 52.1 Å². The molecule has 0 radical (unpaired) electrons. The summed E-state index contributed by atoms with van der Waals surface area (Å²) in [6, 6.07) is 6.09. The van der Waals surface area contributed by atoms with E-state index >= 15 is 0 Å². The molecule has 0 heterocycles. The average molecular weight is 305 g/mol. The van der Waals surface area contributed by atoms with E-state index in [-0.39, 0.29) is 24.5 Å². The Bertz CT molecular complexity index is 513. The van der Waals surface area contributed by atoms with Gasteiger partial charge in [0, 0.05) is 12.5 Å². The zero-order chi connectivity index (χ0) is 16.1. The minimum absolute atomic E-state index is 0.0198. The van der Waals surface area contributed by atoms with E-state index in [9.17, 15) is 9.90 Å². The number of aliphatic hydroxyl groups excluding tert-OH is 1. The fourth-order valence-corrected chi connectivity index (χ4v) is 2.94. The summed E-state index contributed by atoms with van der Waals surface area (Å²) in [7, 11) is 0. The molecule has 0 bridgehead atoms. The Labute approximate surface area is 132 Å². The Balaban J connectivity index is 1.84. The van der Waals surface area contributed by atoms with Crippen molar-refractivity contribution in [1.82, 2.24) is 5.32 Å². The van der Waals surface area contributed by atoms with E-state index in [1.165, 1.54) is 0 Å². The molecule has 1 fully saturated rings. The van der Waals surface area contributed by atoms with E-state index in [1.54, 1.807) is 0 Å². The third-order valence-corrected chi connectivity index (χ3v) is 4.33. The fourth-order valence-electron chi connectivity index (χ4n) is 2.94. The Kier molecular flexibility index (Phi) is 5.83. The summed E-state index contributed by atoms with van der Waals surface area (Å²) in [5, 5.41) is 12.6. The quantitative estimate of drug-likeness (QED) is 0.849. The largest absolute Gasteiger partial charge is 0.483 e. The smallest absolute Gasteiger partial charge is 0.257 e. The number of amides is 1. The number of carbonyl (C=O) groups excluding carboxylic acids is 1. The predicted molar refractivity (Wildman–Crippen MR) is 87.1 cm³/mol. The molecule has 1 amide bonds. The maximum absolute atomic E-state index is 11.9. The number of hydrogen-bond acceptors (Lipinski definition) is 3. The van der Waals surface area contributed by atoms with Crippen LogP contribution in [0, 0.1) is 12.8 Å². The molecule has 122 valence electrons. The SMILES string of the molecule is Cc1ccc(C(C)C)c(OCC(=O)NCC2CCCC2O)c1. The minimum atomic E-state index is -0.273. The van der Waals surface area contributed by atoms with Gasteiger partial charge >= 0.3 is 0 Å². The number of benzene rings is 1. The van der Waals surface area contributed by atoms with Crippen LogP contribution in [0.1, 0.15) is 50.2 Å². The zero-order valence-electron chi connectivity index (χ0n) is 13.8. The van der Waals surface area contributed by atoms with Gasteiger partial charge < -0.3 is 15.2 Å². The van der Waals surface area contributed by atoms with Crippen molar-refractivity contribution in [3.8, 4) is 5.75 Å². The molecule has 0 spiro atoms. The van der Waals surface area contributed by atoms with Gasteiger partial charge in [0.05, 0.1) is 6.10 Å². The molecule has 1 aromatic carbocycles. The lowest BCUT2D eigenvalue weighted by molar-refractivity contribution is -0.123. The minimum Gasteiger partial charge on any atom is -0.483 e. The predicted octanol–water partition coefficient (Wildman–Crippen LogP) is 2.77. The molecular formula is C18H27NO3. The molecule has 1 aliphatic carbocycles. The molecule has 1 aliphatic rings. The summed E-state index contributed by atoms with van der Waals surface area (Å²) in [5.74, 6) is 1.20. The third-order valence-electron chi connectivity index (χ3n) is 4.33. The van der Waals surface area contributed by atoms with Crippen LogP contribution in [-0.2, 0) is 4.79 Å². The van der Waals surface area contributed by atoms with Crippen LogP contribution in [-0.4, -0.2) is 30.3 Å². The second-order valence-corrected chi connectivity index (χ2v) is 6.55. The highest BCUT2D eigenvalue weighted by Crippen LogP contribution is 2.27. The van der Waals surface area contributed by atoms with Gasteiger partial charge in [-0.25, -0.2) is 0 Å². The number of ether oxygens (including phenoxy) is 1. The van der Waals surface area contributed by atoms with Crippen LogP contribution in [0.5, 0.6) is 5.75 Å². The molecule has 0 aliphatic heterocycles. The van der Waals surface area contributed by atoms with Crippen molar-refractivity contribution in [3.63, 3.8) is 0 Å². The van der Waals surface area contributed by atoms with Gasteiger partial charge in [0.15, 0.2) is 6.61 Å². The maximum atomic E-state index is 11.9. The molecular weight excluding hydrogens is 278 g/mol. The molecule has 2 unspecified atom stereocenters. The summed E-state index contributed by atoms with van der Waals surface area (Å²) in [6.45, 7) is 6.79. The van der Waals surface area contributed by atoms with E-state index < -0.39 is 0 Å². The van der Waals surface area contributed by atoms with Crippen LogP contribution in [0.4, 0.5) is 0 Å². The van der Waals surface area contributed by atoms with Gasteiger partial charge in [-0.1, -0.05) is 32.4 Å². The van der Waals surface area contributed by atoms with Crippen molar-refractivity contribution in [2.24, 2.45) is 5.92 Å². The van der Waals surface area contributed by atoms with Gasteiger partial charge in [0.25, 0.3) is 5.91 Å². The van der Waals surface area contributed by atoms with E-state index in [2.05, 4.69) is 31.3 Å². The Morgan fingerprint density at radius 1 is 1.41 bits per heavy atom. The van der Waals surface area contributed by atoms with E-state index in [0.717, 1.165) is 36.1 Å². The topological polar surface area (TPSA) is 58.6 Å². The van der Waals surface area contributed by atoms with Gasteiger partial charge in [-0.2, -0.15) is 0 Å². The second kappa shape index (κ2) is 7.63. The maximum Gasteiger partial charge on any atom is 0.257 e. The fraction of sp³-hybridized carbons (Fsp3) is 0.611. The number of hydrogen-bond donors (Lipinski definition) is 2. The highest BCUT2D eigenvalue weighted by Gasteiger charge is 2.25. The van der Waals surface area contributed by atoms with Gasteiger partial charge in [-0.15, -0.1) is 0 Å². The molecule has 2 N–H and O–H groups in total. The number of aryl methyl sites for hydroxylation is 1. The first kappa shape index (κ1) is 16.8. The first-order valence-electron chi connectivity index (χ1n) is 8.15. The monoisotopic (exact) mass is 305 g/mol. The third kappa shape index (κ3) is 4.47. The van der Waals surface area contributed by atoms with E-state index in [4.69, 9.17) is 4.74 Å². The summed E-state index contributed by atoms with van der Waals surface area (Å²) in [4.78, 5) is 11.9. The summed E-state index contributed by atoms with van der Waals surface area (Å²) in [6.07, 6.45) is 2.60. The van der Waals surface area contributed by atoms with Crippen molar-refractivity contribution in [3.05, 3.63) is 29.3 Å². The van der Waals surface area contributed by atoms with Crippen LogP contribution in [0.2, 0.25) is 0 Å². The van der Waals surface area contributed by atoms with E-state index in [0.29, 0.717) is 12.5 Å². The van der Waals surface area contributed by atoms with Gasteiger partial charge in [0.2, 0.25) is 0 Å². The lowest BCUT2D eigenvalue weighted by Gasteiger charge is -2.17. The van der Waals surface area contributed by atoms with Gasteiger partial charge in [0.1, 0.15) is 5.75 Å². The summed E-state index contributed by atoms with van der Waals surface area (Å²) in [5.41, 5.74) is 2.23. The molecule has 4 heteroatoms. The van der Waals surface area contributed by atoms with Crippen LogP contribution in [0.3, 0.4) is 0 Å². The number of rotatable bonds is 6. The molecule has 2 atom stereocenters. The summed E-state index contributed by atoms with van der Waals surface area (Å²) < 4.78 is 5.71. The van der Waals surface area contributed by atoms with Crippen molar-refractivity contribution < 1.29 is 14.6 Å². The number of carbonyl (C=O) groups is 1. The van der Waals surface area contributed by atoms with Gasteiger partial charge in [-0.3, -0.25) is 4.79 Å². The molecule has 2 rings (SSSR count). The number of aliphatic hydroxyl groups is 1. The van der Waals surface area contributed by atoms with Crippen LogP contribution >= 0.6 is 0 Å². The van der Waals surface area contributed by atoms with Crippen LogP contribution in [0.25, 0.3) is 0 Å². The lowest BCUT2D eigenvalue weighted by Crippen LogP contribution is -2.35. The van der Waals surface area contributed by atoms with Crippen molar-refractivity contribution >= 4 is 5.91 Å². The average Bonchev–Trinajstić information content (AvgIpc) is 2.88. The normalized spacial score (nSPS) is 21.1. The summed E-state index contributed by atoms with van der Waals surface area (Å²) >= 11 is 0. The van der Waals surface area contributed by atoms with Crippen LogP contribution < -0.4 is 10.1 Å². The highest BCUT2D eigenvalue weighted by atomic mass is 16.5. The van der Waals surface area contributed by atoms with Crippen LogP contribution in [0.15, 0.2) is 18.2 Å².